The topological polar surface area (TPSA) is 92.7 Å². The van der Waals surface area contributed by atoms with Crippen molar-refractivity contribution in [3.8, 4) is 11.8 Å². The van der Waals surface area contributed by atoms with Crippen molar-refractivity contribution >= 4 is 5.71 Å². The summed E-state index contributed by atoms with van der Waals surface area (Å²) >= 11 is 0. The Kier molecular flexibility index (Phi) is 3.75. The average Bonchev–Trinajstić information content (AvgIpc) is 2.97. The molecular weight excluding hydrogens is 325 g/mol. The van der Waals surface area contributed by atoms with Crippen LogP contribution in [0.1, 0.15) is 11.5 Å². The number of allylic oxidation sites excluding steroid dienone is 1. The number of benzene rings is 1. The van der Waals surface area contributed by atoms with Gasteiger partial charge in [-0.15, -0.1) is 0 Å². The smallest absolute Gasteiger partial charge is 0.431 e. The van der Waals surface area contributed by atoms with E-state index in [0.29, 0.717) is 11.3 Å². The summed E-state index contributed by atoms with van der Waals surface area (Å²) in [6.45, 7) is 0. The molecule has 2 heterocycles. The molecule has 24 heavy (non-hydrogen) atoms. The van der Waals surface area contributed by atoms with E-state index in [4.69, 9.17) is 15.2 Å². The van der Waals surface area contributed by atoms with Crippen molar-refractivity contribution in [2.45, 2.75) is 18.3 Å². The molecule has 9 heteroatoms. The van der Waals surface area contributed by atoms with Gasteiger partial charge in [-0.05, 0) is 17.7 Å². The van der Waals surface area contributed by atoms with E-state index in [1.54, 1.807) is 24.3 Å². The molecule has 126 valence electrons. The Morgan fingerprint density at radius 3 is 2.54 bits per heavy atom. The number of alkyl halides is 3. The molecule has 0 saturated heterocycles. The number of methoxy groups -OCH3 is 1. The number of hydrogen-bond acceptors (Lipinski definition) is 6. The molecule has 0 bridgehead atoms. The first-order valence-corrected chi connectivity index (χ1v) is 6.97. The second-order valence-electron chi connectivity index (χ2n) is 5.33. The van der Waals surface area contributed by atoms with Crippen molar-refractivity contribution in [3.63, 3.8) is 0 Å². The minimum absolute atomic E-state index is 0.0536. The number of nitriles is 1. The summed E-state index contributed by atoms with van der Waals surface area (Å²) in [5.41, 5.74) is 7.45. The van der Waals surface area contributed by atoms with Crippen LogP contribution in [0.3, 0.4) is 0 Å². The van der Waals surface area contributed by atoms with Gasteiger partial charge in [-0.1, -0.05) is 12.1 Å². The van der Waals surface area contributed by atoms with Crippen LogP contribution in [0.15, 0.2) is 40.8 Å². The number of ether oxygens (including phenoxy) is 2. The van der Waals surface area contributed by atoms with Gasteiger partial charge >= 0.3 is 6.18 Å². The fraction of sp³-hybridized carbons (Fsp3) is 0.333. The molecule has 3 atom stereocenters. The van der Waals surface area contributed by atoms with Gasteiger partial charge in [0.15, 0.2) is 11.9 Å². The molecule has 3 rings (SSSR count). The van der Waals surface area contributed by atoms with Gasteiger partial charge in [-0.3, -0.25) is 5.43 Å². The Morgan fingerprint density at radius 2 is 2.00 bits per heavy atom. The average molecular weight is 338 g/mol. The van der Waals surface area contributed by atoms with E-state index in [1.807, 2.05) is 6.07 Å². The Balaban J connectivity index is 2.10. The fourth-order valence-corrected chi connectivity index (χ4v) is 2.96. The van der Waals surface area contributed by atoms with E-state index in [1.165, 1.54) is 7.11 Å². The van der Waals surface area contributed by atoms with Gasteiger partial charge in [0.25, 0.3) is 0 Å². The predicted molar refractivity (Wildman–Crippen MR) is 77.6 cm³/mol. The summed E-state index contributed by atoms with van der Waals surface area (Å²) in [4.78, 5) is 0. The van der Waals surface area contributed by atoms with E-state index in [9.17, 15) is 18.4 Å². The molecule has 1 aromatic rings. The van der Waals surface area contributed by atoms with Crippen molar-refractivity contribution in [1.29, 1.82) is 5.26 Å². The number of nitrogens with one attached hydrogen (secondary N) is 1. The quantitative estimate of drug-likeness (QED) is 0.860. The summed E-state index contributed by atoms with van der Waals surface area (Å²) in [6.07, 6.45) is -5.72. The first kappa shape index (κ1) is 16.0. The maximum Gasteiger partial charge on any atom is 0.431 e. The summed E-state index contributed by atoms with van der Waals surface area (Å²) in [5.74, 6) is -1.78. The lowest BCUT2D eigenvalue weighted by Gasteiger charge is -2.34. The van der Waals surface area contributed by atoms with Crippen LogP contribution in [0.2, 0.25) is 0 Å². The highest BCUT2D eigenvalue weighted by atomic mass is 19.4. The zero-order valence-electron chi connectivity index (χ0n) is 12.5. The Labute approximate surface area is 135 Å². The number of hydrogen-bond donors (Lipinski definition) is 2. The predicted octanol–water partition coefficient (Wildman–Crippen LogP) is 1.97. The summed E-state index contributed by atoms with van der Waals surface area (Å²) in [5, 5.41) is 12.7. The van der Waals surface area contributed by atoms with E-state index < -0.39 is 30.0 Å². The molecule has 2 aliphatic rings. The van der Waals surface area contributed by atoms with Crippen LogP contribution < -0.4 is 15.9 Å². The van der Waals surface area contributed by atoms with E-state index in [2.05, 4.69) is 10.5 Å². The molecule has 0 spiro atoms. The van der Waals surface area contributed by atoms with Gasteiger partial charge < -0.3 is 15.2 Å². The van der Waals surface area contributed by atoms with Gasteiger partial charge in [0.05, 0.1) is 18.6 Å². The molecular formula is C15H13F3N4O2. The van der Waals surface area contributed by atoms with Crippen LogP contribution in [-0.4, -0.2) is 25.2 Å². The van der Waals surface area contributed by atoms with Crippen LogP contribution >= 0.6 is 0 Å². The van der Waals surface area contributed by atoms with Crippen LogP contribution in [0.5, 0.6) is 5.75 Å². The molecule has 0 fully saturated rings. The Morgan fingerprint density at radius 1 is 1.33 bits per heavy atom. The molecule has 6 nitrogen and oxygen atoms in total. The number of nitrogens with two attached hydrogens (primary N) is 1. The molecule has 0 amide bonds. The Bertz CT molecular complexity index is 749. The molecule has 2 aliphatic heterocycles. The van der Waals surface area contributed by atoms with Gasteiger partial charge in [0.1, 0.15) is 11.8 Å². The zero-order valence-corrected chi connectivity index (χ0v) is 12.5. The fourth-order valence-electron chi connectivity index (χ4n) is 2.96. The number of fused-ring (bicyclic) bond motifs is 1. The SMILES string of the molecule is COc1ccc([C@H]2C(C#N)=C(N)O[C@@H]3NN=C(C(F)(F)F)[C@H]23)cc1. The van der Waals surface area contributed by atoms with Crippen LogP contribution in [0, 0.1) is 17.2 Å². The third kappa shape index (κ3) is 2.50. The number of nitrogens with zero attached hydrogens (tertiary/aromatic N) is 2. The molecule has 0 aromatic heterocycles. The van der Waals surface area contributed by atoms with Crippen molar-refractivity contribution in [2.75, 3.05) is 7.11 Å². The van der Waals surface area contributed by atoms with E-state index in [0.717, 1.165) is 0 Å². The largest absolute Gasteiger partial charge is 0.497 e. The summed E-state index contributed by atoms with van der Waals surface area (Å²) in [6, 6.07) is 8.28. The maximum atomic E-state index is 13.3. The minimum atomic E-state index is -4.65. The molecule has 3 N–H and O–H groups in total. The van der Waals surface area contributed by atoms with Crippen molar-refractivity contribution < 1.29 is 22.6 Å². The standard InChI is InChI=1S/C15H13F3N4O2/c1-23-8-4-2-7(3-5-8)10-9(6-19)13(20)24-14-11(10)12(21-22-14)15(16,17)18/h2-5,10-11,14,22H,20H2,1H3/t10-,11-,14-/m0/s1. The monoisotopic (exact) mass is 338 g/mol. The van der Waals surface area contributed by atoms with Crippen molar-refractivity contribution in [2.24, 2.45) is 16.8 Å². The molecule has 0 radical (unpaired) electrons. The minimum Gasteiger partial charge on any atom is -0.497 e. The number of hydrazone groups is 1. The maximum absolute atomic E-state index is 13.3. The second-order valence-corrected chi connectivity index (χ2v) is 5.33. The van der Waals surface area contributed by atoms with Gasteiger partial charge in [0, 0.05) is 5.92 Å². The first-order chi connectivity index (χ1) is 11.4. The third-order valence-electron chi connectivity index (χ3n) is 4.03. The van der Waals surface area contributed by atoms with Crippen molar-refractivity contribution in [3.05, 3.63) is 41.3 Å². The first-order valence-electron chi connectivity index (χ1n) is 6.97. The highest BCUT2D eigenvalue weighted by Crippen LogP contribution is 2.45. The summed E-state index contributed by atoms with van der Waals surface area (Å²) < 4.78 is 50.1. The number of halogens is 3. The molecule has 1 aromatic carbocycles. The van der Waals surface area contributed by atoms with Crippen LogP contribution in [0.25, 0.3) is 0 Å². The van der Waals surface area contributed by atoms with Crippen molar-refractivity contribution in [1.82, 2.24) is 5.43 Å². The molecule has 0 aliphatic carbocycles. The lowest BCUT2D eigenvalue weighted by atomic mass is 9.76. The van der Waals surface area contributed by atoms with Gasteiger partial charge in [-0.2, -0.15) is 23.5 Å². The van der Waals surface area contributed by atoms with Gasteiger partial charge in [0.2, 0.25) is 5.88 Å². The lowest BCUT2D eigenvalue weighted by molar-refractivity contribution is -0.0661. The number of rotatable bonds is 2. The molecule has 0 saturated carbocycles. The lowest BCUT2D eigenvalue weighted by Crippen LogP contribution is -2.45. The van der Waals surface area contributed by atoms with E-state index >= 15 is 0 Å². The van der Waals surface area contributed by atoms with Crippen LogP contribution in [-0.2, 0) is 4.74 Å². The normalized spacial score (nSPS) is 26.0. The van der Waals surface area contributed by atoms with Crippen LogP contribution in [0.4, 0.5) is 13.2 Å². The molecule has 0 unspecified atom stereocenters. The highest BCUT2D eigenvalue weighted by Gasteiger charge is 2.55. The zero-order chi connectivity index (χ0) is 17.5. The third-order valence-corrected chi connectivity index (χ3v) is 4.03. The highest BCUT2D eigenvalue weighted by molar-refractivity contribution is 5.94. The van der Waals surface area contributed by atoms with E-state index in [-0.39, 0.29) is 11.5 Å². The van der Waals surface area contributed by atoms with Gasteiger partial charge in [-0.25, -0.2) is 0 Å². The Hall–Kier alpha value is -2.89. The second kappa shape index (κ2) is 5.63. The summed E-state index contributed by atoms with van der Waals surface area (Å²) in [7, 11) is 1.48.